The van der Waals surface area contributed by atoms with Gasteiger partial charge < -0.3 is 29.3 Å². The summed E-state index contributed by atoms with van der Waals surface area (Å²) in [5.41, 5.74) is 0.696. The molecule has 1 aromatic heterocycles. The summed E-state index contributed by atoms with van der Waals surface area (Å²) in [7, 11) is 1.61. The molecule has 4 rings (SSSR count). The number of rotatable bonds is 5. The molecule has 2 aliphatic heterocycles. The van der Waals surface area contributed by atoms with Crippen LogP contribution >= 0.6 is 11.6 Å². The third kappa shape index (κ3) is 4.37. The zero-order valence-electron chi connectivity index (χ0n) is 15.7. The van der Waals surface area contributed by atoms with Gasteiger partial charge in [0.05, 0.1) is 39.2 Å². The normalized spacial score (nSPS) is 17.5. The van der Waals surface area contributed by atoms with Crippen LogP contribution < -0.4 is 19.9 Å². The van der Waals surface area contributed by atoms with Crippen LogP contribution in [0, 0.1) is 0 Å². The molecular formula is C18H23ClN6O3. The molecule has 0 bridgehead atoms. The van der Waals surface area contributed by atoms with Crippen molar-refractivity contribution in [2.24, 2.45) is 0 Å². The van der Waals surface area contributed by atoms with Crippen molar-refractivity contribution in [2.45, 2.75) is 0 Å². The maximum atomic E-state index is 6.15. The summed E-state index contributed by atoms with van der Waals surface area (Å²) in [6.45, 7) is 5.59. The molecule has 0 saturated carbocycles. The highest BCUT2D eigenvalue weighted by Gasteiger charge is 2.21. The Balaban J connectivity index is 1.67. The van der Waals surface area contributed by atoms with E-state index in [0.29, 0.717) is 60.7 Å². The molecule has 0 amide bonds. The number of nitrogens with one attached hydrogen (secondary N) is 1. The van der Waals surface area contributed by atoms with E-state index in [1.54, 1.807) is 25.3 Å². The number of nitrogens with zero attached hydrogens (tertiary/aromatic N) is 5. The van der Waals surface area contributed by atoms with Gasteiger partial charge in [-0.3, -0.25) is 0 Å². The van der Waals surface area contributed by atoms with E-state index in [4.69, 9.17) is 30.8 Å². The van der Waals surface area contributed by atoms with Crippen molar-refractivity contribution in [3.63, 3.8) is 0 Å². The molecule has 9 nitrogen and oxygen atoms in total. The van der Waals surface area contributed by atoms with E-state index >= 15 is 0 Å². The molecule has 0 unspecified atom stereocenters. The first kappa shape index (κ1) is 19.0. The van der Waals surface area contributed by atoms with Crippen LogP contribution in [0.2, 0.25) is 5.02 Å². The highest BCUT2D eigenvalue weighted by atomic mass is 35.5. The molecule has 0 radical (unpaired) electrons. The Morgan fingerprint density at radius 3 is 2.04 bits per heavy atom. The van der Waals surface area contributed by atoms with E-state index in [0.717, 1.165) is 26.2 Å². The van der Waals surface area contributed by atoms with Gasteiger partial charge in [0.1, 0.15) is 5.75 Å². The zero-order chi connectivity index (χ0) is 19.3. The summed E-state index contributed by atoms with van der Waals surface area (Å²) in [5, 5.41) is 3.83. The number of methoxy groups -OCH3 is 1. The summed E-state index contributed by atoms with van der Waals surface area (Å²) in [6.07, 6.45) is 0. The average Bonchev–Trinajstić information content (AvgIpc) is 2.75. The third-order valence-corrected chi connectivity index (χ3v) is 4.84. The van der Waals surface area contributed by atoms with Gasteiger partial charge in [0.2, 0.25) is 17.8 Å². The Morgan fingerprint density at radius 1 is 0.929 bits per heavy atom. The average molecular weight is 407 g/mol. The second-order valence-corrected chi connectivity index (χ2v) is 6.86. The molecule has 2 aliphatic rings. The first-order chi connectivity index (χ1) is 13.7. The van der Waals surface area contributed by atoms with E-state index < -0.39 is 0 Å². The summed E-state index contributed by atoms with van der Waals surface area (Å²) in [4.78, 5) is 18.2. The minimum absolute atomic E-state index is 0.443. The molecule has 2 saturated heterocycles. The molecule has 2 fully saturated rings. The van der Waals surface area contributed by atoms with Crippen LogP contribution in [-0.2, 0) is 9.47 Å². The van der Waals surface area contributed by atoms with Crippen molar-refractivity contribution in [1.82, 2.24) is 15.0 Å². The van der Waals surface area contributed by atoms with Crippen molar-refractivity contribution in [1.29, 1.82) is 0 Å². The van der Waals surface area contributed by atoms with Gasteiger partial charge in [-0.15, -0.1) is 0 Å². The molecule has 0 spiro atoms. The second-order valence-electron chi connectivity index (χ2n) is 6.43. The van der Waals surface area contributed by atoms with E-state index in [1.165, 1.54) is 0 Å². The van der Waals surface area contributed by atoms with Gasteiger partial charge in [0.25, 0.3) is 0 Å². The molecule has 0 atom stereocenters. The number of ether oxygens (including phenoxy) is 3. The SMILES string of the molecule is COc1ccc(Cl)cc1Nc1nc(N2CCOCC2)nc(N2CCOCC2)n1. The van der Waals surface area contributed by atoms with Crippen molar-refractivity contribution >= 4 is 35.1 Å². The van der Waals surface area contributed by atoms with Crippen LogP contribution in [0.25, 0.3) is 0 Å². The van der Waals surface area contributed by atoms with Crippen LogP contribution in [0.5, 0.6) is 5.75 Å². The van der Waals surface area contributed by atoms with Crippen LogP contribution in [0.4, 0.5) is 23.5 Å². The maximum absolute atomic E-state index is 6.15. The molecule has 10 heteroatoms. The molecule has 28 heavy (non-hydrogen) atoms. The molecule has 0 aliphatic carbocycles. The number of hydrogen-bond acceptors (Lipinski definition) is 9. The number of morpholine rings is 2. The molecule has 3 heterocycles. The van der Waals surface area contributed by atoms with Gasteiger partial charge in [0, 0.05) is 31.2 Å². The van der Waals surface area contributed by atoms with Gasteiger partial charge >= 0.3 is 0 Å². The lowest BCUT2D eigenvalue weighted by molar-refractivity contribution is 0.121. The minimum atomic E-state index is 0.443. The Bertz CT molecular complexity index is 776. The summed E-state index contributed by atoms with van der Waals surface area (Å²) in [5.74, 6) is 2.36. The lowest BCUT2D eigenvalue weighted by atomic mass is 10.3. The second kappa shape index (κ2) is 8.76. The Morgan fingerprint density at radius 2 is 1.50 bits per heavy atom. The highest BCUT2D eigenvalue weighted by Crippen LogP contribution is 2.30. The fourth-order valence-corrected chi connectivity index (χ4v) is 3.29. The number of anilines is 4. The van der Waals surface area contributed by atoms with Crippen molar-refractivity contribution in [3.8, 4) is 5.75 Å². The topological polar surface area (TPSA) is 84.9 Å². The zero-order valence-corrected chi connectivity index (χ0v) is 16.5. The van der Waals surface area contributed by atoms with Gasteiger partial charge in [-0.1, -0.05) is 11.6 Å². The van der Waals surface area contributed by atoms with Crippen LogP contribution in [0.15, 0.2) is 18.2 Å². The maximum Gasteiger partial charge on any atom is 0.233 e. The van der Waals surface area contributed by atoms with Crippen LogP contribution in [-0.4, -0.2) is 74.7 Å². The third-order valence-electron chi connectivity index (χ3n) is 4.61. The van der Waals surface area contributed by atoms with Crippen LogP contribution in [0.1, 0.15) is 0 Å². The van der Waals surface area contributed by atoms with Crippen molar-refractivity contribution < 1.29 is 14.2 Å². The van der Waals surface area contributed by atoms with Gasteiger partial charge in [-0.05, 0) is 18.2 Å². The van der Waals surface area contributed by atoms with Gasteiger partial charge in [-0.2, -0.15) is 15.0 Å². The van der Waals surface area contributed by atoms with Gasteiger partial charge in [-0.25, -0.2) is 0 Å². The first-order valence-corrected chi connectivity index (χ1v) is 9.63. The largest absolute Gasteiger partial charge is 0.495 e. The van der Waals surface area contributed by atoms with Crippen molar-refractivity contribution in [3.05, 3.63) is 23.2 Å². The standard InChI is InChI=1S/C18H23ClN6O3/c1-26-15-3-2-13(19)12-14(15)20-16-21-17(24-4-8-27-9-5-24)23-18(22-16)25-6-10-28-11-7-25/h2-3,12H,4-11H2,1H3,(H,20,21,22,23). The van der Waals surface area contributed by atoms with E-state index in [2.05, 4.69) is 25.1 Å². The number of benzene rings is 1. The minimum Gasteiger partial charge on any atom is -0.495 e. The van der Waals surface area contributed by atoms with Crippen LogP contribution in [0.3, 0.4) is 0 Å². The molecule has 2 aromatic rings. The molecule has 1 aromatic carbocycles. The number of hydrogen-bond donors (Lipinski definition) is 1. The highest BCUT2D eigenvalue weighted by molar-refractivity contribution is 6.31. The summed E-state index contributed by atoms with van der Waals surface area (Å²) >= 11 is 6.15. The number of halogens is 1. The van der Waals surface area contributed by atoms with Crippen molar-refractivity contribution in [2.75, 3.05) is 74.8 Å². The summed E-state index contributed by atoms with van der Waals surface area (Å²) < 4.78 is 16.3. The Labute approximate surface area is 168 Å². The lowest BCUT2D eigenvalue weighted by Crippen LogP contribution is -2.40. The molecule has 1 N–H and O–H groups in total. The summed E-state index contributed by atoms with van der Waals surface area (Å²) in [6, 6.07) is 5.36. The van der Waals surface area contributed by atoms with E-state index in [1.807, 2.05) is 0 Å². The molecular weight excluding hydrogens is 384 g/mol. The Hall–Kier alpha value is -2.36. The first-order valence-electron chi connectivity index (χ1n) is 9.25. The monoisotopic (exact) mass is 406 g/mol. The molecule has 150 valence electrons. The fraction of sp³-hybridized carbons (Fsp3) is 0.500. The quantitative estimate of drug-likeness (QED) is 0.800. The number of aromatic nitrogens is 3. The smallest absolute Gasteiger partial charge is 0.233 e. The fourth-order valence-electron chi connectivity index (χ4n) is 3.12. The predicted octanol–water partition coefficient (Wildman–Crippen LogP) is 1.95. The van der Waals surface area contributed by atoms with Gasteiger partial charge in [0.15, 0.2) is 0 Å². The predicted molar refractivity (Wildman–Crippen MR) is 107 cm³/mol. The van der Waals surface area contributed by atoms with E-state index in [-0.39, 0.29) is 0 Å². The Kier molecular flexibility index (Phi) is 5.94. The van der Waals surface area contributed by atoms with E-state index in [9.17, 15) is 0 Å². The lowest BCUT2D eigenvalue weighted by Gasteiger charge is -2.30.